The van der Waals surface area contributed by atoms with Crippen LogP contribution in [0.5, 0.6) is 0 Å². The molecule has 0 aliphatic rings. The highest BCUT2D eigenvalue weighted by Gasteiger charge is 2.07. The van der Waals surface area contributed by atoms with Gasteiger partial charge in [0, 0.05) is 13.0 Å². The number of rotatable bonds is 7. The summed E-state index contributed by atoms with van der Waals surface area (Å²) in [5.74, 6) is -0.0117. The predicted molar refractivity (Wildman–Crippen MR) is 48.5 cm³/mol. The van der Waals surface area contributed by atoms with E-state index in [0.717, 1.165) is 25.7 Å². The summed E-state index contributed by atoms with van der Waals surface area (Å²) >= 11 is 0. The summed E-state index contributed by atoms with van der Waals surface area (Å²) in [6.45, 7) is 2.29. The van der Waals surface area contributed by atoms with Crippen LogP contribution in [0.1, 0.15) is 39.0 Å². The van der Waals surface area contributed by atoms with Crippen molar-refractivity contribution in [3.63, 3.8) is 0 Å². The zero-order chi connectivity index (χ0) is 9.40. The lowest BCUT2D eigenvalue weighted by atomic mass is 9.98. The molecule has 3 nitrogen and oxygen atoms in total. The van der Waals surface area contributed by atoms with Crippen LogP contribution in [0.4, 0.5) is 0 Å². The third kappa shape index (κ3) is 6.16. The second-order valence-electron chi connectivity index (χ2n) is 3.20. The van der Waals surface area contributed by atoms with Gasteiger partial charge in [-0.2, -0.15) is 0 Å². The van der Waals surface area contributed by atoms with Gasteiger partial charge in [-0.3, -0.25) is 4.79 Å². The minimum absolute atomic E-state index is 0.174. The fourth-order valence-corrected chi connectivity index (χ4v) is 1.17. The van der Waals surface area contributed by atoms with Crippen molar-refractivity contribution in [2.75, 3.05) is 6.61 Å². The topological polar surface area (TPSA) is 63.3 Å². The van der Waals surface area contributed by atoms with Crippen molar-refractivity contribution >= 4 is 5.91 Å². The summed E-state index contributed by atoms with van der Waals surface area (Å²) in [7, 11) is 0. The maximum Gasteiger partial charge on any atom is 0.217 e. The van der Waals surface area contributed by atoms with Crippen molar-refractivity contribution in [1.29, 1.82) is 0 Å². The summed E-state index contributed by atoms with van der Waals surface area (Å²) in [4.78, 5) is 10.4. The van der Waals surface area contributed by atoms with Crippen LogP contribution in [-0.2, 0) is 4.79 Å². The second kappa shape index (κ2) is 7.10. The number of hydrogen-bond acceptors (Lipinski definition) is 2. The number of nitrogens with two attached hydrogens (primary N) is 1. The molecule has 0 aromatic rings. The zero-order valence-electron chi connectivity index (χ0n) is 7.75. The van der Waals surface area contributed by atoms with Gasteiger partial charge < -0.3 is 10.8 Å². The van der Waals surface area contributed by atoms with Gasteiger partial charge in [-0.1, -0.05) is 19.8 Å². The smallest absolute Gasteiger partial charge is 0.217 e. The molecule has 0 unspecified atom stereocenters. The first-order valence-electron chi connectivity index (χ1n) is 4.59. The van der Waals surface area contributed by atoms with E-state index < -0.39 is 0 Å². The first-order chi connectivity index (χ1) is 5.70. The third-order valence-corrected chi connectivity index (χ3v) is 2.02. The minimum atomic E-state index is -0.273. The van der Waals surface area contributed by atoms with E-state index in [9.17, 15) is 4.79 Å². The molecule has 1 amide bonds. The Morgan fingerprint density at radius 2 is 2.17 bits per heavy atom. The standard InChI is InChI=1S/C9H19NO2/c1-2-3-4-8(7-11)5-6-9(10)12/h8,11H,2-7H2,1H3,(H2,10,12)/t8-/m0/s1. The number of unbranched alkanes of at least 4 members (excludes halogenated alkanes) is 1. The predicted octanol–water partition coefficient (Wildman–Crippen LogP) is 1.05. The number of amides is 1. The Hall–Kier alpha value is -0.570. The monoisotopic (exact) mass is 173 g/mol. The van der Waals surface area contributed by atoms with Gasteiger partial charge >= 0.3 is 0 Å². The van der Waals surface area contributed by atoms with E-state index in [0.29, 0.717) is 6.42 Å². The Morgan fingerprint density at radius 1 is 1.50 bits per heavy atom. The number of hydrogen-bond donors (Lipinski definition) is 2. The molecule has 0 aromatic heterocycles. The molecule has 0 aliphatic heterocycles. The highest BCUT2D eigenvalue weighted by atomic mass is 16.3. The van der Waals surface area contributed by atoms with Gasteiger partial charge in [0.05, 0.1) is 0 Å². The quantitative estimate of drug-likeness (QED) is 0.604. The molecular weight excluding hydrogens is 154 g/mol. The highest BCUT2D eigenvalue weighted by molar-refractivity contribution is 5.73. The number of aliphatic hydroxyl groups is 1. The van der Waals surface area contributed by atoms with Gasteiger partial charge in [0.1, 0.15) is 0 Å². The largest absolute Gasteiger partial charge is 0.396 e. The molecule has 0 spiro atoms. The van der Waals surface area contributed by atoms with Crippen LogP contribution in [0.25, 0.3) is 0 Å². The fourth-order valence-electron chi connectivity index (χ4n) is 1.17. The van der Waals surface area contributed by atoms with E-state index in [1.54, 1.807) is 0 Å². The summed E-state index contributed by atoms with van der Waals surface area (Å²) in [6.07, 6.45) is 4.37. The molecule has 0 aromatic carbocycles. The molecule has 0 aliphatic carbocycles. The Labute approximate surface area is 74.0 Å². The van der Waals surface area contributed by atoms with Crippen molar-refractivity contribution in [1.82, 2.24) is 0 Å². The average Bonchev–Trinajstić information content (AvgIpc) is 2.05. The SMILES string of the molecule is CCCC[C@H](CO)CCC(N)=O. The molecule has 0 saturated carbocycles. The number of aliphatic hydroxyl groups excluding tert-OH is 1. The van der Waals surface area contributed by atoms with E-state index in [2.05, 4.69) is 6.92 Å². The zero-order valence-corrected chi connectivity index (χ0v) is 7.75. The lowest BCUT2D eigenvalue weighted by Crippen LogP contribution is -2.14. The van der Waals surface area contributed by atoms with Gasteiger partial charge in [-0.25, -0.2) is 0 Å². The van der Waals surface area contributed by atoms with Crippen LogP contribution in [0.3, 0.4) is 0 Å². The van der Waals surface area contributed by atoms with Gasteiger partial charge in [0.25, 0.3) is 0 Å². The first kappa shape index (κ1) is 11.4. The molecule has 0 bridgehead atoms. The Morgan fingerprint density at radius 3 is 2.58 bits per heavy atom. The Balaban J connectivity index is 3.45. The third-order valence-electron chi connectivity index (χ3n) is 2.02. The van der Waals surface area contributed by atoms with Crippen LogP contribution in [0.2, 0.25) is 0 Å². The van der Waals surface area contributed by atoms with Crippen molar-refractivity contribution in [2.45, 2.75) is 39.0 Å². The normalized spacial score (nSPS) is 12.8. The van der Waals surface area contributed by atoms with Crippen molar-refractivity contribution < 1.29 is 9.90 Å². The number of carbonyl (C=O) groups is 1. The average molecular weight is 173 g/mol. The molecule has 72 valence electrons. The maximum absolute atomic E-state index is 10.4. The maximum atomic E-state index is 10.4. The molecule has 0 rings (SSSR count). The van der Waals surface area contributed by atoms with Crippen molar-refractivity contribution in [3.05, 3.63) is 0 Å². The number of carbonyl (C=O) groups excluding carboxylic acids is 1. The summed E-state index contributed by atoms with van der Waals surface area (Å²) in [5.41, 5.74) is 5.00. The van der Waals surface area contributed by atoms with Gasteiger partial charge in [-0.05, 0) is 18.8 Å². The summed E-state index contributed by atoms with van der Waals surface area (Å²) in [6, 6.07) is 0. The molecule has 0 radical (unpaired) electrons. The molecule has 0 saturated heterocycles. The molecule has 12 heavy (non-hydrogen) atoms. The lowest BCUT2D eigenvalue weighted by Gasteiger charge is -2.11. The lowest BCUT2D eigenvalue weighted by molar-refractivity contribution is -0.118. The Bertz CT molecular complexity index is 126. The van der Waals surface area contributed by atoms with Gasteiger partial charge in [0.15, 0.2) is 0 Å². The van der Waals surface area contributed by atoms with Crippen LogP contribution < -0.4 is 5.73 Å². The fraction of sp³-hybridized carbons (Fsp3) is 0.889. The molecule has 3 N–H and O–H groups in total. The second-order valence-corrected chi connectivity index (χ2v) is 3.20. The van der Waals surface area contributed by atoms with Crippen LogP contribution in [0, 0.1) is 5.92 Å². The minimum Gasteiger partial charge on any atom is -0.396 e. The van der Waals surface area contributed by atoms with Gasteiger partial charge in [0.2, 0.25) is 5.91 Å². The van der Waals surface area contributed by atoms with Gasteiger partial charge in [-0.15, -0.1) is 0 Å². The van der Waals surface area contributed by atoms with E-state index >= 15 is 0 Å². The van der Waals surface area contributed by atoms with Crippen LogP contribution in [-0.4, -0.2) is 17.6 Å². The number of primary amides is 1. The molecular formula is C9H19NO2. The Kier molecular flexibility index (Phi) is 6.76. The van der Waals surface area contributed by atoms with Crippen LogP contribution in [0.15, 0.2) is 0 Å². The highest BCUT2D eigenvalue weighted by Crippen LogP contribution is 2.13. The van der Waals surface area contributed by atoms with E-state index in [1.807, 2.05) is 0 Å². The first-order valence-corrected chi connectivity index (χ1v) is 4.59. The molecule has 0 heterocycles. The van der Waals surface area contributed by atoms with Crippen LogP contribution >= 0.6 is 0 Å². The molecule has 0 fully saturated rings. The summed E-state index contributed by atoms with van der Waals surface area (Å²) in [5, 5.41) is 8.91. The van der Waals surface area contributed by atoms with E-state index in [1.165, 1.54) is 0 Å². The summed E-state index contributed by atoms with van der Waals surface area (Å²) < 4.78 is 0. The molecule has 3 heteroatoms. The van der Waals surface area contributed by atoms with Crippen molar-refractivity contribution in [2.24, 2.45) is 11.7 Å². The van der Waals surface area contributed by atoms with E-state index in [4.69, 9.17) is 10.8 Å². The molecule has 1 atom stereocenters. The van der Waals surface area contributed by atoms with E-state index in [-0.39, 0.29) is 18.4 Å². The van der Waals surface area contributed by atoms with Crippen molar-refractivity contribution in [3.8, 4) is 0 Å².